The molecule has 1 fully saturated rings. The number of rotatable bonds is 5. The van der Waals surface area contributed by atoms with Crippen molar-refractivity contribution < 1.29 is 14.4 Å². The molecule has 2 aromatic carbocycles. The van der Waals surface area contributed by atoms with Crippen LogP contribution in [-0.4, -0.2) is 36.2 Å². The van der Waals surface area contributed by atoms with Crippen LogP contribution < -0.4 is 10.6 Å². The van der Waals surface area contributed by atoms with E-state index in [1.165, 1.54) is 0 Å². The maximum absolute atomic E-state index is 12.5. The van der Waals surface area contributed by atoms with Crippen LogP contribution in [0.1, 0.15) is 39.1 Å². The van der Waals surface area contributed by atoms with Gasteiger partial charge in [0, 0.05) is 32.1 Å². The molecule has 1 saturated heterocycles. The average Bonchev–Trinajstić information content (AvgIpc) is 3.06. The Morgan fingerprint density at radius 2 is 1.77 bits per heavy atom. The van der Waals surface area contributed by atoms with E-state index in [-0.39, 0.29) is 17.7 Å². The highest BCUT2D eigenvalue weighted by Gasteiger charge is 2.20. The van der Waals surface area contributed by atoms with Crippen LogP contribution >= 0.6 is 0 Å². The Kier molecular flexibility index (Phi) is 5.31. The minimum Gasteiger partial charge on any atom is -0.355 e. The van der Waals surface area contributed by atoms with E-state index in [1.54, 1.807) is 43.4 Å². The normalized spacial score (nSPS) is 13.6. The van der Waals surface area contributed by atoms with Gasteiger partial charge in [-0.3, -0.25) is 14.4 Å². The highest BCUT2D eigenvalue weighted by atomic mass is 16.2. The number of para-hydroxylation sites is 1. The summed E-state index contributed by atoms with van der Waals surface area (Å²) in [6.07, 6.45) is 1.52. The number of anilines is 1. The monoisotopic (exact) mass is 351 g/mol. The summed E-state index contributed by atoms with van der Waals surface area (Å²) in [6.45, 7) is 1.36. The molecule has 0 spiro atoms. The minimum absolute atomic E-state index is 0.178. The molecule has 0 unspecified atom stereocenters. The molecule has 1 aliphatic heterocycles. The summed E-state index contributed by atoms with van der Waals surface area (Å²) in [5, 5.41) is 5.33. The highest BCUT2D eigenvalue weighted by molar-refractivity contribution is 6.08. The van der Waals surface area contributed by atoms with Crippen molar-refractivity contribution in [3.05, 3.63) is 65.2 Å². The summed E-state index contributed by atoms with van der Waals surface area (Å²) >= 11 is 0. The number of nitrogens with zero attached hydrogens (tertiary/aromatic N) is 1. The lowest BCUT2D eigenvalue weighted by Crippen LogP contribution is -2.24. The molecule has 2 aromatic rings. The van der Waals surface area contributed by atoms with Gasteiger partial charge in [0.05, 0.1) is 11.3 Å². The van der Waals surface area contributed by atoms with Crippen LogP contribution in [-0.2, 0) is 11.3 Å². The van der Waals surface area contributed by atoms with Crippen LogP contribution in [0.3, 0.4) is 0 Å². The molecule has 6 nitrogen and oxygen atoms in total. The summed E-state index contributed by atoms with van der Waals surface area (Å²) < 4.78 is 0. The fourth-order valence-electron chi connectivity index (χ4n) is 2.97. The molecule has 0 aromatic heterocycles. The second kappa shape index (κ2) is 7.82. The highest BCUT2D eigenvalue weighted by Crippen LogP contribution is 2.18. The maximum atomic E-state index is 12.5. The van der Waals surface area contributed by atoms with Gasteiger partial charge < -0.3 is 15.5 Å². The van der Waals surface area contributed by atoms with Gasteiger partial charge in [0.25, 0.3) is 11.8 Å². The fraction of sp³-hybridized carbons (Fsp3) is 0.250. The molecular formula is C20H21N3O3. The van der Waals surface area contributed by atoms with Crippen molar-refractivity contribution in [2.45, 2.75) is 19.4 Å². The number of hydrogen-bond acceptors (Lipinski definition) is 3. The Morgan fingerprint density at radius 3 is 2.42 bits per heavy atom. The van der Waals surface area contributed by atoms with Crippen LogP contribution in [0.25, 0.3) is 0 Å². The second-order valence-corrected chi connectivity index (χ2v) is 6.19. The number of amides is 3. The Bertz CT molecular complexity index is 830. The number of nitrogens with one attached hydrogen (secondary N) is 2. The van der Waals surface area contributed by atoms with E-state index in [1.807, 2.05) is 17.0 Å². The molecule has 6 heteroatoms. The fourth-order valence-corrected chi connectivity index (χ4v) is 2.97. The van der Waals surface area contributed by atoms with Gasteiger partial charge >= 0.3 is 0 Å². The van der Waals surface area contributed by atoms with Crippen molar-refractivity contribution in [1.82, 2.24) is 10.2 Å². The Hall–Kier alpha value is -3.15. The smallest absolute Gasteiger partial charge is 0.255 e. The Labute approximate surface area is 152 Å². The van der Waals surface area contributed by atoms with Crippen molar-refractivity contribution in [3.8, 4) is 0 Å². The molecule has 26 heavy (non-hydrogen) atoms. The maximum Gasteiger partial charge on any atom is 0.255 e. The largest absolute Gasteiger partial charge is 0.355 e. The van der Waals surface area contributed by atoms with Crippen LogP contribution in [0, 0.1) is 0 Å². The lowest BCUT2D eigenvalue weighted by Gasteiger charge is -2.15. The number of hydrogen-bond donors (Lipinski definition) is 2. The van der Waals surface area contributed by atoms with Crippen molar-refractivity contribution >= 4 is 23.4 Å². The molecule has 0 saturated carbocycles. The van der Waals surface area contributed by atoms with Gasteiger partial charge in [-0.2, -0.15) is 0 Å². The quantitative estimate of drug-likeness (QED) is 0.868. The summed E-state index contributed by atoms with van der Waals surface area (Å²) in [7, 11) is 1.55. The van der Waals surface area contributed by atoms with Crippen molar-refractivity contribution in [2.24, 2.45) is 0 Å². The van der Waals surface area contributed by atoms with Crippen LogP contribution in [0.15, 0.2) is 48.5 Å². The second-order valence-electron chi connectivity index (χ2n) is 6.19. The van der Waals surface area contributed by atoms with E-state index in [0.29, 0.717) is 29.8 Å². The molecule has 0 radical (unpaired) electrons. The molecular weight excluding hydrogens is 330 g/mol. The lowest BCUT2D eigenvalue weighted by molar-refractivity contribution is -0.128. The molecule has 134 valence electrons. The van der Waals surface area contributed by atoms with E-state index in [0.717, 1.165) is 18.5 Å². The minimum atomic E-state index is -0.287. The zero-order valence-corrected chi connectivity index (χ0v) is 14.6. The average molecular weight is 351 g/mol. The molecule has 1 aliphatic rings. The molecule has 1 heterocycles. The molecule has 0 atom stereocenters. The Morgan fingerprint density at radius 1 is 1.04 bits per heavy atom. The number of benzene rings is 2. The zero-order chi connectivity index (χ0) is 18.5. The van der Waals surface area contributed by atoms with Gasteiger partial charge in [-0.15, -0.1) is 0 Å². The first kappa shape index (κ1) is 17.7. The van der Waals surface area contributed by atoms with E-state index >= 15 is 0 Å². The predicted octanol–water partition coefficient (Wildman–Crippen LogP) is 2.42. The first-order valence-corrected chi connectivity index (χ1v) is 8.57. The Balaban J connectivity index is 1.69. The first-order valence-electron chi connectivity index (χ1n) is 8.57. The molecule has 0 bridgehead atoms. The van der Waals surface area contributed by atoms with Crippen LogP contribution in [0.5, 0.6) is 0 Å². The van der Waals surface area contributed by atoms with Gasteiger partial charge in [0.2, 0.25) is 5.91 Å². The van der Waals surface area contributed by atoms with Gasteiger partial charge in [0.1, 0.15) is 0 Å². The van der Waals surface area contributed by atoms with E-state index in [4.69, 9.17) is 0 Å². The van der Waals surface area contributed by atoms with Crippen LogP contribution in [0.2, 0.25) is 0 Å². The predicted molar refractivity (Wildman–Crippen MR) is 98.9 cm³/mol. The third-order valence-corrected chi connectivity index (χ3v) is 4.41. The number of carbonyl (C=O) groups excluding carboxylic acids is 3. The van der Waals surface area contributed by atoms with E-state index < -0.39 is 0 Å². The SMILES string of the molecule is CNC(=O)c1ccccc1NC(=O)c1ccc(CN2CCCC2=O)cc1. The van der Waals surface area contributed by atoms with Crippen molar-refractivity contribution in [3.63, 3.8) is 0 Å². The molecule has 2 N–H and O–H groups in total. The van der Waals surface area contributed by atoms with Gasteiger partial charge in [-0.1, -0.05) is 24.3 Å². The summed E-state index contributed by atoms with van der Waals surface area (Å²) in [6, 6.07) is 14.0. The van der Waals surface area contributed by atoms with Crippen molar-refractivity contribution in [2.75, 3.05) is 18.9 Å². The van der Waals surface area contributed by atoms with Gasteiger partial charge in [0.15, 0.2) is 0 Å². The lowest BCUT2D eigenvalue weighted by atomic mass is 10.1. The molecule has 3 amide bonds. The van der Waals surface area contributed by atoms with E-state index in [9.17, 15) is 14.4 Å². The third kappa shape index (κ3) is 3.91. The van der Waals surface area contributed by atoms with Gasteiger partial charge in [-0.05, 0) is 36.2 Å². The summed E-state index contributed by atoms with van der Waals surface area (Å²) in [5.74, 6) is -0.366. The van der Waals surface area contributed by atoms with Crippen molar-refractivity contribution in [1.29, 1.82) is 0 Å². The summed E-state index contributed by atoms with van der Waals surface area (Å²) in [5.41, 5.74) is 2.35. The topological polar surface area (TPSA) is 78.5 Å². The van der Waals surface area contributed by atoms with Crippen LogP contribution in [0.4, 0.5) is 5.69 Å². The zero-order valence-electron chi connectivity index (χ0n) is 14.6. The van der Waals surface area contributed by atoms with Gasteiger partial charge in [-0.25, -0.2) is 0 Å². The van der Waals surface area contributed by atoms with E-state index in [2.05, 4.69) is 10.6 Å². The standard InChI is InChI=1S/C20H21N3O3/c1-21-20(26)16-5-2-3-6-17(16)22-19(25)15-10-8-14(9-11-15)13-23-12-4-7-18(23)24/h2-3,5-6,8-11H,4,7,12-13H2,1H3,(H,21,26)(H,22,25). The summed E-state index contributed by atoms with van der Waals surface area (Å²) in [4.78, 5) is 37.9. The number of likely N-dealkylation sites (tertiary alicyclic amines) is 1. The molecule has 3 rings (SSSR count). The molecule has 0 aliphatic carbocycles. The number of carbonyl (C=O) groups is 3. The first-order chi connectivity index (χ1) is 12.6. The third-order valence-electron chi connectivity index (χ3n) is 4.41.